The van der Waals surface area contributed by atoms with Gasteiger partial charge in [0.05, 0.1) is 0 Å². The summed E-state index contributed by atoms with van der Waals surface area (Å²) in [6, 6.07) is 7.51. The van der Waals surface area contributed by atoms with Crippen LogP contribution in [0, 0.1) is 5.82 Å². The van der Waals surface area contributed by atoms with E-state index in [0.29, 0.717) is 6.04 Å². The molecule has 0 bridgehead atoms. The van der Waals surface area contributed by atoms with E-state index in [4.69, 9.17) is 0 Å². The molecule has 1 N–H and O–H groups in total. The molecule has 1 aromatic carbocycles. The fourth-order valence-electron chi connectivity index (χ4n) is 2.57. The maximum absolute atomic E-state index is 13.0. The molecule has 0 radical (unpaired) electrons. The smallest absolute Gasteiger partial charge is 0.123 e. The fourth-order valence-corrected chi connectivity index (χ4v) is 2.57. The first-order valence-electron chi connectivity index (χ1n) is 6.82. The monoisotopic (exact) mass is 235 g/mol. The molecule has 0 aliphatic heterocycles. The number of halogens is 1. The molecule has 0 unspecified atom stereocenters. The van der Waals surface area contributed by atoms with Crippen LogP contribution in [-0.2, 0) is 6.54 Å². The van der Waals surface area contributed by atoms with Gasteiger partial charge in [-0.3, -0.25) is 0 Å². The molecule has 0 spiro atoms. The molecule has 1 nitrogen and oxygen atoms in total. The van der Waals surface area contributed by atoms with Crippen LogP contribution in [0.4, 0.5) is 4.39 Å². The zero-order chi connectivity index (χ0) is 11.9. The zero-order valence-corrected chi connectivity index (χ0v) is 10.4. The highest BCUT2D eigenvalue weighted by Crippen LogP contribution is 2.17. The third-order valence-electron chi connectivity index (χ3n) is 3.59. The molecule has 2 heteroatoms. The van der Waals surface area contributed by atoms with Gasteiger partial charge in [-0.25, -0.2) is 4.39 Å². The summed E-state index contributed by atoms with van der Waals surface area (Å²) in [5.41, 5.74) is 1.05. The summed E-state index contributed by atoms with van der Waals surface area (Å²) in [5, 5.41) is 3.57. The highest BCUT2D eigenvalue weighted by molar-refractivity contribution is 5.16. The normalized spacial score (nSPS) is 18.6. The van der Waals surface area contributed by atoms with Gasteiger partial charge in [-0.1, -0.05) is 44.2 Å². The first-order valence-corrected chi connectivity index (χ1v) is 6.82. The number of benzene rings is 1. The standard InChI is InChI=1S/C15H22FN/c16-14-8-6-7-13(11-14)12-17-15-9-4-2-1-3-5-10-15/h6-8,11,15,17H,1-5,9-10,12H2. The Bertz CT molecular complexity index is 329. The molecule has 1 saturated carbocycles. The summed E-state index contributed by atoms with van der Waals surface area (Å²) < 4.78 is 13.0. The lowest BCUT2D eigenvalue weighted by molar-refractivity contribution is 0.388. The Morgan fingerprint density at radius 1 is 1.06 bits per heavy atom. The summed E-state index contributed by atoms with van der Waals surface area (Å²) in [7, 11) is 0. The summed E-state index contributed by atoms with van der Waals surface area (Å²) in [6.45, 7) is 0.794. The van der Waals surface area contributed by atoms with E-state index in [1.165, 1.54) is 51.0 Å². The van der Waals surface area contributed by atoms with Crippen molar-refractivity contribution in [3.63, 3.8) is 0 Å². The van der Waals surface area contributed by atoms with Crippen LogP contribution in [0.1, 0.15) is 50.5 Å². The average Bonchev–Trinajstić information content (AvgIpc) is 2.27. The summed E-state index contributed by atoms with van der Waals surface area (Å²) in [6.07, 6.45) is 9.36. The SMILES string of the molecule is Fc1cccc(CNC2CCCCCCC2)c1. The van der Waals surface area contributed by atoms with Crippen molar-refractivity contribution in [1.29, 1.82) is 0 Å². The van der Waals surface area contributed by atoms with E-state index < -0.39 is 0 Å². The van der Waals surface area contributed by atoms with Crippen LogP contribution in [-0.4, -0.2) is 6.04 Å². The Morgan fingerprint density at radius 3 is 2.47 bits per heavy atom. The van der Waals surface area contributed by atoms with E-state index in [1.807, 2.05) is 6.07 Å². The van der Waals surface area contributed by atoms with Gasteiger partial charge in [-0.05, 0) is 30.5 Å². The second-order valence-electron chi connectivity index (χ2n) is 5.05. The molecule has 17 heavy (non-hydrogen) atoms. The van der Waals surface area contributed by atoms with Crippen LogP contribution in [0.15, 0.2) is 24.3 Å². The number of hydrogen-bond donors (Lipinski definition) is 1. The lowest BCUT2D eigenvalue weighted by atomic mass is 9.96. The Kier molecular flexibility index (Phi) is 4.99. The van der Waals surface area contributed by atoms with Crippen molar-refractivity contribution >= 4 is 0 Å². The molecule has 94 valence electrons. The van der Waals surface area contributed by atoms with Crippen LogP contribution in [0.2, 0.25) is 0 Å². The average molecular weight is 235 g/mol. The van der Waals surface area contributed by atoms with Crippen molar-refractivity contribution in [2.75, 3.05) is 0 Å². The number of hydrogen-bond acceptors (Lipinski definition) is 1. The Balaban J connectivity index is 1.79. The van der Waals surface area contributed by atoms with Gasteiger partial charge in [0, 0.05) is 12.6 Å². The van der Waals surface area contributed by atoms with Crippen molar-refractivity contribution < 1.29 is 4.39 Å². The molecule has 1 aromatic rings. The second kappa shape index (κ2) is 6.75. The van der Waals surface area contributed by atoms with E-state index in [9.17, 15) is 4.39 Å². The summed E-state index contributed by atoms with van der Waals surface area (Å²) >= 11 is 0. The maximum Gasteiger partial charge on any atom is 0.123 e. The lowest BCUT2D eigenvalue weighted by Crippen LogP contribution is -2.29. The van der Waals surface area contributed by atoms with Crippen LogP contribution < -0.4 is 5.32 Å². The molecule has 2 rings (SSSR count). The van der Waals surface area contributed by atoms with Gasteiger partial charge in [0.25, 0.3) is 0 Å². The first-order chi connectivity index (χ1) is 8.34. The van der Waals surface area contributed by atoms with Gasteiger partial charge in [0.15, 0.2) is 0 Å². The minimum absolute atomic E-state index is 0.137. The van der Waals surface area contributed by atoms with Crippen LogP contribution in [0.3, 0.4) is 0 Å². The lowest BCUT2D eigenvalue weighted by Gasteiger charge is -2.21. The van der Waals surface area contributed by atoms with Crippen LogP contribution >= 0.6 is 0 Å². The molecule has 1 aliphatic carbocycles. The van der Waals surface area contributed by atoms with Crippen LogP contribution in [0.25, 0.3) is 0 Å². The molecule has 0 atom stereocenters. The predicted molar refractivity (Wildman–Crippen MR) is 69.3 cm³/mol. The van der Waals surface area contributed by atoms with Crippen molar-refractivity contribution in [2.45, 2.75) is 57.5 Å². The molecular weight excluding hydrogens is 213 g/mol. The minimum atomic E-state index is -0.137. The second-order valence-corrected chi connectivity index (χ2v) is 5.05. The third-order valence-corrected chi connectivity index (χ3v) is 3.59. The van der Waals surface area contributed by atoms with E-state index in [0.717, 1.165) is 12.1 Å². The van der Waals surface area contributed by atoms with Gasteiger partial charge in [-0.15, -0.1) is 0 Å². The largest absolute Gasteiger partial charge is 0.310 e. The van der Waals surface area contributed by atoms with Gasteiger partial charge < -0.3 is 5.32 Å². The molecule has 1 aliphatic rings. The van der Waals surface area contributed by atoms with Crippen molar-refractivity contribution in [3.8, 4) is 0 Å². The minimum Gasteiger partial charge on any atom is -0.310 e. The fraction of sp³-hybridized carbons (Fsp3) is 0.600. The van der Waals surface area contributed by atoms with E-state index in [2.05, 4.69) is 5.32 Å². The van der Waals surface area contributed by atoms with E-state index in [1.54, 1.807) is 12.1 Å². The van der Waals surface area contributed by atoms with Crippen molar-refractivity contribution in [3.05, 3.63) is 35.6 Å². The molecule has 1 fully saturated rings. The Hall–Kier alpha value is -0.890. The van der Waals surface area contributed by atoms with Crippen molar-refractivity contribution in [2.24, 2.45) is 0 Å². The predicted octanol–water partition coefficient (Wildman–Crippen LogP) is 4.03. The highest BCUT2D eigenvalue weighted by Gasteiger charge is 2.10. The Morgan fingerprint density at radius 2 is 1.76 bits per heavy atom. The van der Waals surface area contributed by atoms with Crippen molar-refractivity contribution in [1.82, 2.24) is 5.32 Å². The Labute approximate surface area is 103 Å². The number of nitrogens with one attached hydrogen (secondary N) is 1. The summed E-state index contributed by atoms with van der Waals surface area (Å²) in [5.74, 6) is -0.137. The van der Waals surface area contributed by atoms with Gasteiger partial charge in [0.1, 0.15) is 5.82 Å². The number of rotatable bonds is 3. The van der Waals surface area contributed by atoms with Gasteiger partial charge in [0.2, 0.25) is 0 Å². The van der Waals surface area contributed by atoms with E-state index in [-0.39, 0.29) is 5.82 Å². The van der Waals surface area contributed by atoms with Gasteiger partial charge >= 0.3 is 0 Å². The molecule has 0 aromatic heterocycles. The van der Waals surface area contributed by atoms with E-state index >= 15 is 0 Å². The quantitative estimate of drug-likeness (QED) is 0.834. The van der Waals surface area contributed by atoms with Crippen LogP contribution in [0.5, 0.6) is 0 Å². The molecule has 0 amide bonds. The molecule has 0 heterocycles. The highest BCUT2D eigenvalue weighted by atomic mass is 19.1. The topological polar surface area (TPSA) is 12.0 Å². The summed E-state index contributed by atoms with van der Waals surface area (Å²) in [4.78, 5) is 0. The first kappa shape index (κ1) is 12.6. The molecule has 0 saturated heterocycles. The zero-order valence-electron chi connectivity index (χ0n) is 10.4. The maximum atomic E-state index is 13.0. The van der Waals surface area contributed by atoms with Gasteiger partial charge in [-0.2, -0.15) is 0 Å². The third kappa shape index (κ3) is 4.47. The molecular formula is C15H22FN.